The van der Waals surface area contributed by atoms with Crippen LogP contribution in [0.1, 0.15) is 34.6 Å². The molecule has 1 aliphatic rings. The normalized spacial score (nSPS) is 23.1. The monoisotopic (exact) mass is 436 g/mol. The van der Waals surface area contributed by atoms with Gasteiger partial charge in [-0.15, -0.1) is 0 Å². The number of ether oxygens (including phenoxy) is 2. The van der Waals surface area contributed by atoms with E-state index in [9.17, 15) is 19.8 Å². The minimum Gasteiger partial charge on any atom is -0.464 e. The van der Waals surface area contributed by atoms with E-state index in [-0.39, 0.29) is 24.3 Å². The van der Waals surface area contributed by atoms with Crippen LogP contribution < -0.4 is 5.19 Å². The molecule has 0 spiro atoms. The number of hydrogen-bond acceptors (Lipinski definition) is 7. The van der Waals surface area contributed by atoms with E-state index in [1.807, 2.05) is 30.3 Å². The van der Waals surface area contributed by atoms with Crippen LogP contribution in [0, 0.1) is 0 Å². The van der Waals surface area contributed by atoms with Crippen LogP contribution in [0.25, 0.3) is 0 Å². The summed E-state index contributed by atoms with van der Waals surface area (Å²) in [6.45, 7) is 9.78. The van der Waals surface area contributed by atoms with Gasteiger partial charge in [-0.25, -0.2) is 4.79 Å². The maximum Gasteiger partial charge on any atom is 0.338 e. The van der Waals surface area contributed by atoms with Gasteiger partial charge in [-0.3, -0.25) is 4.79 Å². The van der Waals surface area contributed by atoms with Gasteiger partial charge in [-0.1, -0.05) is 58.0 Å². The van der Waals surface area contributed by atoms with Gasteiger partial charge < -0.3 is 24.1 Å². The van der Waals surface area contributed by atoms with Gasteiger partial charge in [0, 0.05) is 0 Å². The minimum atomic E-state index is -2.57. The molecule has 1 heterocycles. The van der Waals surface area contributed by atoms with Gasteiger partial charge in [0.15, 0.2) is 18.0 Å². The lowest BCUT2D eigenvalue weighted by atomic mass is 10.0. The second-order valence-electron chi connectivity index (χ2n) is 8.07. The molecule has 2 unspecified atom stereocenters. The number of carbonyl (C=O) groups excluding carboxylic acids is 2. The molecule has 1 aromatic rings. The Morgan fingerprint density at radius 2 is 1.80 bits per heavy atom. The number of benzene rings is 1. The second-order valence-corrected chi connectivity index (χ2v) is 12.8. The zero-order valence-electron chi connectivity index (χ0n) is 18.2. The smallest absolute Gasteiger partial charge is 0.338 e. The zero-order valence-corrected chi connectivity index (χ0v) is 19.2. The van der Waals surface area contributed by atoms with Crippen LogP contribution in [-0.4, -0.2) is 61.5 Å². The number of aliphatic hydroxyl groups is 2. The summed E-state index contributed by atoms with van der Waals surface area (Å²) < 4.78 is 16.7. The molecule has 30 heavy (non-hydrogen) atoms. The first-order valence-corrected chi connectivity index (χ1v) is 12.3. The largest absolute Gasteiger partial charge is 0.464 e. The summed E-state index contributed by atoms with van der Waals surface area (Å²) in [5.74, 6) is -3.56. The highest BCUT2D eigenvalue weighted by Gasteiger charge is 2.48. The van der Waals surface area contributed by atoms with E-state index < -0.39 is 38.1 Å². The van der Waals surface area contributed by atoms with Crippen LogP contribution in [0.3, 0.4) is 0 Å². The van der Waals surface area contributed by atoms with Crippen LogP contribution in [-0.2, 0) is 23.5 Å². The lowest BCUT2D eigenvalue weighted by Crippen LogP contribution is -2.59. The summed E-state index contributed by atoms with van der Waals surface area (Å²) in [5, 5.41) is 22.2. The summed E-state index contributed by atoms with van der Waals surface area (Å²) in [6.07, 6.45) is -1.08. The summed E-state index contributed by atoms with van der Waals surface area (Å²) in [4.78, 5) is 24.0. The molecule has 0 saturated heterocycles. The molecule has 2 N–H and O–H groups in total. The first-order valence-electron chi connectivity index (χ1n) is 10.2. The first-order chi connectivity index (χ1) is 14.1. The Morgan fingerprint density at radius 3 is 2.33 bits per heavy atom. The molecule has 0 fully saturated rings. The predicted octanol–water partition coefficient (Wildman–Crippen LogP) is 1.81. The van der Waals surface area contributed by atoms with E-state index >= 15 is 0 Å². The SMILES string of the molecule is CCOC(=O)[C@@H](O)C1OC(O)(CO[Si](c2ccccc2)(C(C)C)C(C)C)C=CC1=O. The van der Waals surface area contributed by atoms with Crippen LogP contribution >= 0.6 is 0 Å². The summed E-state index contributed by atoms with van der Waals surface area (Å²) >= 11 is 0. The highest BCUT2D eigenvalue weighted by atomic mass is 28.4. The molecule has 3 atom stereocenters. The Kier molecular flexibility index (Phi) is 8.12. The Bertz CT molecular complexity index is 754. The molecule has 0 saturated carbocycles. The fourth-order valence-corrected chi connectivity index (χ4v) is 8.61. The van der Waals surface area contributed by atoms with Gasteiger partial charge >= 0.3 is 5.97 Å². The predicted molar refractivity (Wildman–Crippen MR) is 115 cm³/mol. The number of aliphatic hydroxyl groups excluding tert-OH is 1. The Balaban J connectivity index is 2.27. The average molecular weight is 437 g/mol. The molecule has 0 amide bonds. The Hall–Kier alpha value is -1.84. The Labute approximate surface area is 178 Å². The fourth-order valence-electron chi connectivity index (χ4n) is 3.95. The molecule has 8 heteroatoms. The molecule has 1 aromatic carbocycles. The van der Waals surface area contributed by atoms with Crippen molar-refractivity contribution in [1.29, 1.82) is 0 Å². The molecule has 0 radical (unpaired) electrons. The van der Waals surface area contributed by atoms with E-state index in [1.54, 1.807) is 6.92 Å². The lowest BCUT2D eigenvalue weighted by Gasteiger charge is -2.42. The molecule has 0 aliphatic carbocycles. The van der Waals surface area contributed by atoms with Gasteiger partial charge in [0.05, 0.1) is 13.2 Å². The minimum absolute atomic E-state index is 0.0496. The van der Waals surface area contributed by atoms with Crippen molar-refractivity contribution in [3.05, 3.63) is 42.5 Å². The quantitative estimate of drug-likeness (QED) is 0.450. The average Bonchev–Trinajstić information content (AvgIpc) is 2.70. The van der Waals surface area contributed by atoms with E-state index in [0.29, 0.717) is 0 Å². The van der Waals surface area contributed by atoms with Crippen molar-refractivity contribution in [2.75, 3.05) is 13.2 Å². The van der Waals surface area contributed by atoms with Crippen molar-refractivity contribution in [2.24, 2.45) is 0 Å². The maximum absolute atomic E-state index is 12.1. The molecular formula is C22H32O7Si. The summed E-state index contributed by atoms with van der Waals surface area (Å²) in [7, 11) is -2.57. The third kappa shape index (κ3) is 5.07. The van der Waals surface area contributed by atoms with Crippen molar-refractivity contribution in [3.8, 4) is 0 Å². The van der Waals surface area contributed by atoms with Gasteiger partial charge in [-0.2, -0.15) is 0 Å². The van der Waals surface area contributed by atoms with Crippen LogP contribution in [0.15, 0.2) is 42.5 Å². The van der Waals surface area contributed by atoms with Crippen molar-refractivity contribution < 1.29 is 33.7 Å². The van der Waals surface area contributed by atoms with Crippen LogP contribution in [0.4, 0.5) is 0 Å². The van der Waals surface area contributed by atoms with E-state index in [1.165, 1.54) is 6.08 Å². The number of carbonyl (C=O) groups is 2. The molecule has 2 rings (SSSR count). The van der Waals surface area contributed by atoms with Crippen LogP contribution in [0.2, 0.25) is 11.1 Å². The van der Waals surface area contributed by atoms with E-state index in [4.69, 9.17) is 13.9 Å². The van der Waals surface area contributed by atoms with Gasteiger partial charge in [0.1, 0.15) is 0 Å². The fraction of sp³-hybridized carbons (Fsp3) is 0.545. The standard InChI is InChI=1S/C22H32O7Si/c1-6-27-21(25)19(24)20-18(23)12-13-22(26,29-20)14-28-30(15(2)3,16(4)5)17-10-8-7-9-11-17/h7-13,15-16,19-20,24,26H,6,14H2,1-5H3/t19-,20?,22?/m0/s1. The van der Waals surface area contributed by atoms with Crippen molar-refractivity contribution in [2.45, 2.75) is 63.7 Å². The topological polar surface area (TPSA) is 102 Å². The van der Waals surface area contributed by atoms with Crippen molar-refractivity contribution in [3.63, 3.8) is 0 Å². The maximum atomic E-state index is 12.1. The van der Waals surface area contributed by atoms with Crippen molar-refractivity contribution >= 4 is 25.3 Å². The number of esters is 1. The summed E-state index contributed by atoms with van der Waals surface area (Å²) in [5.41, 5.74) is 0.386. The lowest BCUT2D eigenvalue weighted by molar-refractivity contribution is -0.233. The summed E-state index contributed by atoms with van der Waals surface area (Å²) in [6, 6.07) is 9.93. The number of hydrogen-bond donors (Lipinski definition) is 2. The molecular weight excluding hydrogens is 404 g/mol. The number of ketones is 1. The molecule has 7 nitrogen and oxygen atoms in total. The number of rotatable bonds is 9. The third-order valence-electron chi connectivity index (χ3n) is 5.39. The first kappa shape index (κ1) is 24.4. The molecule has 0 bridgehead atoms. The second kappa shape index (κ2) is 9.98. The van der Waals surface area contributed by atoms with Gasteiger partial charge in [-0.05, 0) is 35.3 Å². The van der Waals surface area contributed by atoms with Gasteiger partial charge in [0.25, 0.3) is 0 Å². The molecule has 1 aliphatic heterocycles. The van der Waals surface area contributed by atoms with Crippen molar-refractivity contribution in [1.82, 2.24) is 0 Å². The highest BCUT2D eigenvalue weighted by Crippen LogP contribution is 2.35. The molecule has 0 aromatic heterocycles. The molecule has 166 valence electrons. The van der Waals surface area contributed by atoms with E-state index in [0.717, 1.165) is 11.3 Å². The van der Waals surface area contributed by atoms with Crippen LogP contribution in [0.5, 0.6) is 0 Å². The highest BCUT2D eigenvalue weighted by molar-refractivity contribution is 6.88. The third-order valence-corrected chi connectivity index (χ3v) is 10.7. The van der Waals surface area contributed by atoms with E-state index in [2.05, 4.69) is 27.7 Å². The Morgan fingerprint density at radius 1 is 1.20 bits per heavy atom. The van der Waals surface area contributed by atoms with Gasteiger partial charge in [0.2, 0.25) is 14.1 Å². The zero-order chi connectivity index (χ0) is 22.5.